The molecule has 0 bridgehead atoms. The van der Waals surface area contributed by atoms with Gasteiger partial charge in [-0.3, -0.25) is 0 Å². The van der Waals surface area contributed by atoms with Crippen molar-refractivity contribution in [2.24, 2.45) is 23.7 Å². The predicted octanol–water partition coefficient (Wildman–Crippen LogP) is 12.6. The highest BCUT2D eigenvalue weighted by Crippen LogP contribution is 2.46. The molecule has 0 amide bonds. The number of aryl methyl sites for hydroxylation is 2. The zero-order chi connectivity index (χ0) is 39.3. The molecule has 2 fully saturated rings. The van der Waals surface area contributed by atoms with Crippen LogP contribution in [0.15, 0.2) is 12.1 Å². The summed E-state index contributed by atoms with van der Waals surface area (Å²) in [4.78, 5) is 0. The molecule has 3 rings (SSSR count). The number of hydrogen-bond acceptors (Lipinski definition) is 5. The predicted molar refractivity (Wildman–Crippen MR) is 231 cm³/mol. The maximum atomic E-state index is 9.89. The highest BCUT2D eigenvalue weighted by atomic mass is 28.4. The first-order valence-electron chi connectivity index (χ1n) is 22.2. The monoisotopic (exact) mass is 775 g/mol. The van der Waals surface area contributed by atoms with Crippen LogP contribution in [0.2, 0.25) is 36.3 Å². The van der Waals surface area contributed by atoms with Gasteiger partial charge in [-0.25, -0.2) is 0 Å². The van der Waals surface area contributed by atoms with Gasteiger partial charge in [-0.2, -0.15) is 0 Å². The largest absolute Gasteiger partial charge is 0.493 e. The molecule has 53 heavy (non-hydrogen) atoms. The van der Waals surface area contributed by atoms with Gasteiger partial charge >= 0.3 is 0 Å². The molecule has 0 radical (unpaired) electrons. The summed E-state index contributed by atoms with van der Waals surface area (Å²) in [7, 11) is -3.82. The van der Waals surface area contributed by atoms with Crippen LogP contribution in [0.3, 0.4) is 0 Å². The average Bonchev–Trinajstić information content (AvgIpc) is 3.10. The van der Waals surface area contributed by atoms with Gasteiger partial charge in [0, 0.05) is 32.3 Å². The van der Waals surface area contributed by atoms with Crippen LogP contribution in [-0.2, 0) is 21.7 Å². The summed E-state index contributed by atoms with van der Waals surface area (Å²) in [6, 6.07) is 4.86. The number of aliphatic hydroxyl groups excluding tert-OH is 2. The van der Waals surface area contributed by atoms with Crippen LogP contribution in [0.1, 0.15) is 167 Å². The van der Waals surface area contributed by atoms with E-state index in [2.05, 4.69) is 86.8 Å². The van der Waals surface area contributed by atoms with E-state index in [1.165, 1.54) is 93.7 Å². The zero-order valence-electron chi connectivity index (χ0n) is 36.7. The summed E-state index contributed by atoms with van der Waals surface area (Å²) < 4.78 is 20.4. The van der Waals surface area contributed by atoms with Gasteiger partial charge < -0.3 is 23.8 Å². The summed E-state index contributed by atoms with van der Waals surface area (Å²) >= 11 is 0. The Morgan fingerprint density at radius 2 is 1.15 bits per heavy atom. The summed E-state index contributed by atoms with van der Waals surface area (Å²) in [5.74, 6) is 4.68. The third kappa shape index (κ3) is 14.6. The Kier molecular flexibility index (Phi) is 19.1. The second-order valence-corrected chi connectivity index (χ2v) is 30.0. The van der Waals surface area contributed by atoms with Crippen molar-refractivity contribution in [3.05, 3.63) is 28.8 Å². The fourth-order valence-electron chi connectivity index (χ4n) is 8.30. The first-order valence-corrected chi connectivity index (χ1v) is 28.0. The van der Waals surface area contributed by atoms with Gasteiger partial charge in [0.15, 0.2) is 16.6 Å². The van der Waals surface area contributed by atoms with Gasteiger partial charge in [-0.15, -0.1) is 0 Å². The molecular weight excluding hydrogens is 689 g/mol. The Morgan fingerprint density at radius 3 is 1.58 bits per heavy atom. The Hall–Kier alpha value is -0.706. The number of benzene rings is 1. The third-order valence-corrected chi connectivity index (χ3v) is 23.2. The fraction of sp³-hybridized carbons (Fsp3) is 0.870. The molecule has 0 saturated heterocycles. The smallest absolute Gasteiger partial charge is 0.191 e. The van der Waals surface area contributed by atoms with Crippen molar-refractivity contribution in [2.45, 2.75) is 200 Å². The number of hydrogen-bond donors (Lipinski definition) is 2. The van der Waals surface area contributed by atoms with Crippen LogP contribution >= 0.6 is 0 Å². The van der Waals surface area contributed by atoms with Crippen LogP contribution in [0.4, 0.5) is 0 Å². The van der Waals surface area contributed by atoms with E-state index in [0.717, 1.165) is 55.6 Å². The Morgan fingerprint density at radius 1 is 0.679 bits per heavy atom. The van der Waals surface area contributed by atoms with Crippen molar-refractivity contribution >= 4 is 16.6 Å². The van der Waals surface area contributed by atoms with Crippen molar-refractivity contribution in [3.63, 3.8) is 0 Å². The molecule has 2 saturated carbocycles. The Labute approximate surface area is 330 Å². The number of rotatable bonds is 22. The lowest BCUT2D eigenvalue weighted by Crippen LogP contribution is -2.44. The minimum Gasteiger partial charge on any atom is -0.493 e. The van der Waals surface area contributed by atoms with Gasteiger partial charge in [0.1, 0.15) is 5.75 Å². The maximum Gasteiger partial charge on any atom is 0.191 e. The molecule has 1 aromatic carbocycles. The van der Waals surface area contributed by atoms with Crippen LogP contribution < -0.4 is 4.74 Å². The highest BCUT2D eigenvalue weighted by molar-refractivity contribution is 6.74. The second-order valence-electron chi connectivity index (χ2n) is 20.4. The number of unbranched alkanes of at least 4 members (excludes halogenated alkanes) is 2. The minimum absolute atomic E-state index is 0.158. The van der Waals surface area contributed by atoms with E-state index >= 15 is 0 Å². The van der Waals surface area contributed by atoms with Crippen molar-refractivity contribution in [1.29, 1.82) is 0 Å². The fourth-order valence-corrected chi connectivity index (χ4v) is 10.5. The summed E-state index contributed by atoms with van der Waals surface area (Å²) in [5.41, 5.74) is 3.93. The van der Waals surface area contributed by atoms with Gasteiger partial charge in [0.2, 0.25) is 0 Å². The molecule has 0 heterocycles. The van der Waals surface area contributed by atoms with E-state index in [1.54, 1.807) is 0 Å². The molecule has 308 valence electrons. The van der Waals surface area contributed by atoms with Crippen LogP contribution in [0.25, 0.3) is 0 Å². The van der Waals surface area contributed by atoms with Gasteiger partial charge in [-0.1, -0.05) is 99.1 Å². The first-order chi connectivity index (χ1) is 24.9. The maximum absolute atomic E-state index is 9.89. The molecule has 2 N–H and O–H groups in total. The van der Waals surface area contributed by atoms with E-state index in [4.69, 9.17) is 13.6 Å². The van der Waals surface area contributed by atoms with Crippen molar-refractivity contribution in [1.82, 2.24) is 0 Å². The summed E-state index contributed by atoms with van der Waals surface area (Å²) in [6.07, 6.45) is 20.7. The molecule has 0 atom stereocenters. The molecule has 7 heteroatoms. The van der Waals surface area contributed by atoms with E-state index < -0.39 is 16.6 Å². The van der Waals surface area contributed by atoms with Gasteiger partial charge in [0.25, 0.3) is 0 Å². The second kappa shape index (κ2) is 21.7. The Balaban J connectivity index is 1.73. The topological polar surface area (TPSA) is 68.2 Å². The zero-order valence-corrected chi connectivity index (χ0v) is 38.7. The summed E-state index contributed by atoms with van der Waals surface area (Å²) in [5, 5.41) is 20.1. The molecular formula is C46H86O5Si2. The normalized spacial score (nSPS) is 22.1. The van der Waals surface area contributed by atoms with Crippen molar-refractivity contribution < 1.29 is 23.8 Å². The molecule has 1 aromatic rings. The third-order valence-electron chi connectivity index (χ3n) is 14.2. The molecule has 2 aliphatic carbocycles. The van der Waals surface area contributed by atoms with Crippen LogP contribution in [-0.4, -0.2) is 59.9 Å². The van der Waals surface area contributed by atoms with E-state index in [1.807, 2.05) is 0 Å². The van der Waals surface area contributed by atoms with Gasteiger partial charge in [-0.05, 0) is 147 Å². The number of aliphatic hydroxyl groups is 2. The van der Waals surface area contributed by atoms with Gasteiger partial charge in [0.05, 0.1) is 6.61 Å². The Bertz CT molecular complexity index is 1110. The molecule has 0 spiro atoms. The van der Waals surface area contributed by atoms with E-state index in [9.17, 15) is 10.2 Å². The molecule has 2 aliphatic rings. The molecule has 0 aromatic heterocycles. The summed E-state index contributed by atoms with van der Waals surface area (Å²) in [6.45, 7) is 27.9. The quantitative estimate of drug-likeness (QED) is 0.0907. The van der Waals surface area contributed by atoms with E-state index in [-0.39, 0.29) is 29.2 Å². The molecule has 0 unspecified atom stereocenters. The number of ether oxygens (including phenoxy) is 1. The standard InChI is InChI=1S/C46H86O5Si2/c1-12-13-14-17-36-20-22-38(23-21-36)39-24-26-40(27-25-39)43-32-41(18-15-29-47)44(42(33-43)19-16-30-48)49-31-28-37(34-50-52(8,9)45(2,3)4)35-51-53(10,11)46(5,6)7/h32-33,36-40,47-48H,12-31,34-35H2,1-11H3. The van der Waals surface area contributed by atoms with Crippen molar-refractivity contribution in [2.75, 3.05) is 33.0 Å². The molecule has 0 aliphatic heterocycles. The van der Waals surface area contributed by atoms with Crippen molar-refractivity contribution in [3.8, 4) is 5.75 Å². The lowest BCUT2D eigenvalue weighted by molar-refractivity contribution is 0.135. The molecule has 5 nitrogen and oxygen atoms in total. The van der Waals surface area contributed by atoms with E-state index in [0.29, 0.717) is 25.7 Å². The SMILES string of the molecule is CCCCCC1CCC(C2CCC(c3cc(CCCO)c(OCCC(CO[Si](C)(C)C(C)(C)C)CO[Si](C)(C)C(C)(C)C)c(CCCO)c3)CC2)CC1. The minimum atomic E-state index is -1.91. The first kappa shape index (κ1) is 46.7. The highest BCUT2D eigenvalue weighted by Gasteiger charge is 2.40. The average molecular weight is 775 g/mol. The van der Waals surface area contributed by atoms with Crippen LogP contribution in [0, 0.1) is 23.7 Å². The lowest BCUT2D eigenvalue weighted by Gasteiger charge is -2.39. The van der Waals surface area contributed by atoms with Crippen LogP contribution in [0.5, 0.6) is 5.75 Å². The lowest BCUT2D eigenvalue weighted by atomic mass is 9.67.